The number of ether oxygens (including phenoxy) is 2. The van der Waals surface area contributed by atoms with E-state index >= 15 is 0 Å². The van der Waals surface area contributed by atoms with Crippen LogP contribution in [-0.4, -0.2) is 39.9 Å². The zero-order valence-corrected chi connectivity index (χ0v) is 14.0. The van der Waals surface area contributed by atoms with E-state index in [1.807, 2.05) is 0 Å². The maximum Gasteiger partial charge on any atom is 0.338 e. The molecule has 0 unspecified atom stereocenters. The van der Waals surface area contributed by atoms with Crippen LogP contribution < -0.4 is 11.2 Å². The van der Waals surface area contributed by atoms with E-state index in [4.69, 9.17) is 9.47 Å². The van der Waals surface area contributed by atoms with Crippen molar-refractivity contribution in [3.05, 3.63) is 68.5 Å². The number of aryl methyl sites for hydroxylation is 1. The topological polar surface area (TPSA) is 111 Å². The summed E-state index contributed by atoms with van der Waals surface area (Å²) in [5, 5.41) is 9.41. The van der Waals surface area contributed by atoms with Crippen molar-refractivity contribution >= 4 is 5.97 Å². The Morgan fingerprint density at radius 1 is 1.28 bits per heavy atom. The van der Waals surface area contributed by atoms with E-state index in [0.29, 0.717) is 11.1 Å². The van der Waals surface area contributed by atoms with Gasteiger partial charge in [-0.3, -0.25) is 14.3 Å². The SMILES string of the molecule is Cc1cn([C@@H](C)O[C@@H](CO)COC(=O)c2ccccc2)c(=O)[nH]c1=O. The molecule has 0 saturated heterocycles. The number of nitrogens with one attached hydrogen (secondary N) is 1. The van der Waals surface area contributed by atoms with Crippen LogP contribution in [-0.2, 0) is 9.47 Å². The number of esters is 1. The van der Waals surface area contributed by atoms with Crippen molar-refractivity contribution in [2.24, 2.45) is 0 Å². The molecular weight excluding hydrogens is 328 g/mol. The summed E-state index contributed by atoms with van der Waals surface area (Å²) in [6, 6.07) is 8.43. The van der Waals surface area contributed by atoms with Crippen molar-refractivity contribution in [3.8, 4) is 0 Å². The van der Waals surface area contributed by atoms with Gasteiger partial charge >= 0.3 is 11.7 Å². The molecule has 2 N–H and O–H groups in total. The van der Waals surface area contributed by atoms with Crippen LogP contribution in [0.1, 0.15) is 29.1 Å². The second-order valence-corrected chi connectivity index (χ2v) is 5.48. The van der Waals surface area contributed by atoms with Gasteiger partial charge in [0, 0.05) is 11.8 Å². The predicted octanol–water partition coefficient (Wildman–Crippen LogP) is 0.598. The third kappa shape index (κ3) is 4.88. The van der Waals surface area contributed by atoms with Gasteiger partial charge in [-0.05, 0) is 26.0 Å². The molecule has 0 bridgehead atoms. The molecule has 0 fully saturated rings. The van der Waals surface area contributed by atoms with Crippen molar-refractivity contribution in [2.45, 2.75) is 26.2 Å². The lowest BCUT2D eigenvalue weighted by Gasteiger charge is -2.22. The lowest BCUT2D eigenvalue weighted by molar-refractivity contribution is -0.0905. The number of aliphatic hydroxyl groups excluding tert-OH is 1. The molecule has 2 rings (SSSR count). The molecule has 0 saturated carbocycles. The zero-order chi connectivity index (χ0) is 18.4. The summed E-state index contributed by atoms with van der Waals surface area (Å²) in [6.07, 6.45) is -0.214. The second-order valence-electron chi connectivity index (χ2n) is 5.48. The molecule has 25 heavy (non-hydrogen) atoms. The molecule has 0 aliphatic carbocycles. The van der Waals surface area contributed by atoms with E-state index in [1.165, 1.54) is 10.8 Å². The van der Waals surface area contributed by atoms with Gasteiger partial charge < -0.3 is 14.6 Å². The standard InChI is InChI=1S/C17H20N2O6/c1-11-8-19(17(23)18-15(11)21)12(2)25-14(9-20)10-24-16(22)13-6-4-3-5-7-13/h3-8,12,14,20H,9-10H2,1-2H3,(H,18,21,23)/t12-,14+/m1/s1. The fourth-order valence-electron chi connectivity index (χ4n) is 2.16. The quantitative estimate of drug-likeness (QED) is 0.709. The fraction of sp³-hybridized carbons (Fsp3) is 0.353. The number of aromatic amines is 1. The Bertz CT molecular complexity index is 827. The van der Waals surface area contributed by atoms with E-state index in [0.717, 1.165) is 0 Å². The first-order valence-electron chi connectivity index (χ1n) is 7.73. The summed E-state index contributed by atoms with van der Waals surface area (Å²) >= 11 is 0. The first-order chi connectivity index (χ1) is 11.9. The Kier molecular flexibility index (Phi) is 6.26. The summed E-state index contributed by atoms with van der Waals surface area (Å²) in [6.45, 7) is 2.57. The highest BCUT2D eigenvalue weighted by Crippen LogP contribution is 2.10. The molecule has 0 radical (unpaired) electrons. The lowest BCUT2D eigenvalue weighted by atomic mass is 10.2. The van der Waals surface area contributed by atoms with Crippen molar-refractivity contribution in [1.29, 1.82) is 0 Å². The molecule has 2 atom stereocenters. The fourth-order valence-corrected chi connectivity index (χ4v) is 2.16. The Labute approximate surface area is 143 Å². The average molecular weight is 348 g/mol. The van der Waals surface area contributed by atoms with E-state index in [1.54, 1.807) is 44.2 Å². The van der Waals surface area contributed by atoms with E-state index < -0.39 is 36.2 Å². The Morgan fingerprint density at radius 3 is 2.60 bits per heavy atom. The molecule has 1 aromatic carbocycles. The minimum absolute atomic E-state index is 0.175. The maximum atomic E-state index is 11.9. The highest BCUT2D eigenvalue weighted by molar-refractivity contribution is 5.89. The van der Waals surface area contributed by atoms with Gasteiger partial charge in [0.1, 0.15) is 18.9 Å². The molecule has 0 spiro atoms. The van der Waals surface area contributed by atoms with E-state index in [2.05, 4.69) is 4.98 Å². The predicted molar refractivity (Wildman–Crippen MR) is 89.5 cm³/mol. The van der Waals surface area contributed by atoms with Crippen LogP contribution in [0, 0.1) is 6.92 Å². The van der Waals surface area contributed by atoms with Gasteiger partial charge in [-0.1, -0.05) is 18.2 Å². The Balaban J connectivity index is 1.99. The second kappa shape index (κ2) is 8.41. The van der Waals surface area contributed by atoms with Crippen LogP contribution >= 0.6 is 0 Å². The Morgan fingerprint density at radius 2 is 1.96 bits per heavy atom. The van der Waals surface area contributed by atoms with Gasteiger partial charge in [0.25, 0.3) is 5.56 Å². The van der Waals surface area contributed by atoms with Gasteiger partial charge in [-0.2, -0.15) is 0 Å². The summed E-state index contributed by atoms with van der Waals surface area (Å²) in [7, 11) is 0. The lowest BCUT2D eigenvalue weighted by Crippen LogP contribution is -2.36. The van der Waals surface area contributed by atoms with Crippen LogP contribution in [0.15, 0.2) is 46.1 Å². The number of carbonyl (C=O) groups is 1. The van der Waals surface area contributed by atoms with Crippen LogP contribution in [0.2, 0.25) is 0 Å². The van der Waals surface area contributed by atoms with Gasteiger partial charge in [-0.25, -0.2) is 9.59 Å². The number of hydrogen-bond acceptors (Lipinski definition) is 6. The highest BCUT2D eigenvalue weighted by atomic mass is 16.6. The molecule has 8 heteroatoms. The molecule has 8 nitrogen and oxygen atoms in total. The Hall–Kier alpha value is -2.71. The van der Waals surface area contributed by atoms with Gasteiger partial charge in [0.2, 0.25) is 0 Å². The number of carbonyl (C=O) groups excluding carboxylic acids is 1. The number of benzene rings is 1. The number of hydrogen-bond donors (Lipinski definition) is 2. The molecule has 1 aromatic heterocycles. The summed E-state index contributed by atoms with van der Waals surface area (Å²) < 4.78 is 11.9. The van der Waals surface area contributed by atoms with Crippen LogP contribution in [0.4, 0.5) is 0 Å². The number of nitrogens with zero attached hydrogens (tertiary/aromatic N) is 1. The average Bonchev–Trinajstić information content (AvgIpc) is 2.61. The van der Waals surface area contributed by atoms with E-state index in [-0.39, 0.29) is 6.61 Å². The summed E-state index contributed by atoms with van der Waals surface area (Å²) in [4.78, 5) is 37.3. The molecule has 134 valence electrons. The van der Waals surface area contributed by atoms with Gasteiger partial charge in [0.05, 0.1) is 12.2 Å². The first-order valence-corrected chi connectivity index (χ1v) is 7.73. The minimum atomic E-state index is -0.818. The molecule has 0 amide bonds. The van der Waals surface area contributed by atoms with Crippen LogP contribution in [0.25, 0.3) is 0 Å². The third-order valence-corrected chi connectivity index (χ3v) is 3.54. The minimum Gasteiger partial charge on any atom is -0.459 e. The summed E-state index contributed by atoms with van der Waals surface area (Å²) in [5.74, 6) is -0.535. The van der Waals surface area contributed by atoms with Gasteiger partial charge in [0.15, 0.2) is 0 Å². The third-order valence-electron chi connectivity index (χ3n) is 3.54. The number of rotatable bonds is 7. The largest absolute Gasteiger partial charge is 0.459 e. The van der Waals surface area contributed by atoms with Crippen molar-refractivity contribution in [3.63, 3.8) is 0 Å². The molecule has 1 heterocycles. The van der Waals surface area contributed by atoms with Crippen molar-refractivity contribution in [2.75, 3.05) is 13.2 Å². The normalized spacial score (nSPS) is 13.2. The molecule has 0 aliphatic heterocycles. The van der Waals surface area contributed by atoms with Crippen molar-refractivity contribution < 1.29 is 19.4 Å². The van der Waals surface area contributed by atoms with E-state index in [9.17, 15) is 19.5 Å². The first kappa shape index (κ1) is 18.6. The monoisotopic (exact) mass is 348 g/mol. The highest BCUT2D eigenvalue weighted by Gasteiger charge is 2.18. The van der Waals surface area contributed by atoms with Crippen molar-refractivity contribution in [1.82, 2.24) is 9.55 Å². The smallest absolute Gasteiger partial charge is 0.338 e. The van der Waals surface area contributed by atoms with Gasteiger partial charge in [-0.15, -0.1) is 0 Å². The number of H-pyrrole nitrogens is 1. The zero-order valence-electron chi connectivity index (χ0n) is 14.0. The molecule has 2 aromatic rings. The van der Waals surface area contributed by atoms with Crippen LogP contribution in [0.5, 0.6) is 0 Å². The van der Waals surface area contributed by atoms with Crippen LogP contribution in [0.3, 0.4) is 0 Å². The summed E-state index contributed by atoms with van der Waals surface area (Å²) in [5.41, 5.74) is -0.351. The molecular formula is C17H20N2O6. The number of aromatic nitrogens is 2. The molecule has 0 aliphatic rings. The maximum absolute atomic E-state index is 11.9. The number of aliphatic hydroxyl groups is 1.